The van der Waals surface area contributed by atoms with Crippen LogP contribution in [0.15, 0.2) is 23.3 Å². The maximum Gasteiger partial charge on any atom is 0.243 e. The van der Waals surface area contributed by atoms with Crippen molar-refractivity contribution in [2.45, 2.75) is 64.5 Å². The number of rotatable bonds is 14. The zero-order valence-electron chi connectivity index (χ0n) is 18.9. The third-order valence-electron chi connectivity index (χ3n) is 4.97. The van der Waals surface area contributed by atoms with Crippen LogP contribution in [0.4, 0.5) is 0 Å². The molecule has 2 unspecified atom stereocenters. The molecule has 10 nitrogen and oxygen atoms in total. The largest absolute Gasteiger partial charge is 0.396 e. The van der Waals surface area contributed by atoms with Crippen LogP contribution in [-0.2, 0) is 19.2 Å². The molecule has 1 heterocycles. The van der Waals surface area contributed by atoms with Crippen LogP contribution in [0.25, 0.3) is 0 Å². The first-order valence-corrected chi connectivity index (χ1v) is 11.0. The second-order valence-corrected chi connectivity index (χ2v) is 7.92. The Kier molecular flexibility index (Phi) is 12.9. The third-order valence-corrected chi connectivity index (χ3v) is 4.97. The smallest absolute Gasteiger partial charge is 0.243 e. The molecule has 1 rings (SSSR count). The molecular weight excluding hydrogens is 416 g/mol. The minimum Gasteiger partial charge on any atom is -0.396 e. The van der Waals surface area contributed by atoms with Crippen molar-refractivity contribution in [3.63, 3.8) is 0 Å². The van der Waals surface area contributed by atoms with E-state index in [0.29, 0.717) is 51.6 Å². The van der Waals surface area contributed by atoms with E-state index in [1.54, 1.807) is 13.8 Å². The highest BCUT2D eigenvalue weighted by Gasteiger charge is 2.32. The summed E-state index contributed by atoms with van der Waals surface area (Å²) in [5.74, 6) is -1.02. The number of aliphatic hydroxyl groups excluding tert-OH is 2. The van der Waals surface area contributed by atoms with Crippen LogP contribution in [0.2, 0.25) is 0 Å². The molecule has 0 aromatic carbocycles. The maximum absolute atomic E-state index is 12.3. The summed E-state index contributed by atoms with van der Waals surface area (Å²) < 4.78 is 0. The van der Waals surface area contributed by atoms with Gasteiger partial charge in [-0.15, -0.1) is 0 Å². The van der Waals surface area contributed by atoms with Crippen LogP contribution < -0.4 is 21.3 Å². The Bertz CT molecular complexity index is 659. The third kappa shape index (κ3) is 11.1. The Balaban J connectivity index is 2.28. The van der Waals surface area contributed by atoms with Crippen molar-refractivity contribution in [1.82, 2.24) is 21.3 Å². The molecular formula is C22H36N4O6. The Hall–Kier alpha value is -2.72. The van der Waals surface area contributed by atoms with Gasteiger partial charge < -0.3 is 31.5 Å². The zero-order chi connectivity index (χ0) is 23.9. The summed E-state index contributed by atoms with van der Waals surface area (Å²) in [6, 6.07) is -1.27. The number of nitrogens with one attached hydrogen (secondary N) is 4. The molecule has 1 saturated heterocycles. The molecule has 0 spiro atoms. The molecule has 1 aliphatic rings. The first kappa shape index (κ1) is 27.3. The van der Waals surface area contributed by atoms with Gasteiger partial charge in [-0.1, -0.05) is 11.1 Å². The quantitative estimate of drug-likeness (QED) is 0.153. The Morgan fingerprint density at radius 3 is 1.53 bits per heavy atom. The molecule has 1 aliphatic heterocycles. The van der Waals surface area contributed by atoms with Gasteiger partial charge in [0, 0.05) is 38.5 Å². The highest BCUT2D eigenvalue weighted by atomic mass is 16.3. The Labute approximate surface area is 188 Å². The van der Waals surface area contributed by atoms with Crippen molar-refractivity contribution in [2.75, 3.05) is 26.3 Å². The van der Waals surface area contributed by atoms with Gasteiger partial charge in [-0.2, -0.15) is 0 Å². The molecule has 180 valence electrons. The summed E-state index contributed by atoms with van der Waals surface area (Å²) in [6.07, 6.45) is 5.61. The highest BCUT2D eigenvalue weighted by Crippen LogP contribution is 2.08. The van der Waals surface area contributed by atoms with E-state index in [1.807, 2.05) is 0 Å². The van der Waals surface area contributed by atoms with Crippen LogP contribution in [-0.4, -0.2) is 72.2 Å². The summed E-state index contributed by atoms with van der Waals surface area (Å²) in [7, 11) is 0. The van der Waals surface area contributed by atoms with E-state index in [1.165, 1.54) is 12.2 Å². The molecule has 32 heavy (non-hydrogen) atoms. The summed E-state index contributed by atoms with van der Waals surface area (Å²) in [4.78, 5) is 48.0. The topological polar surface area (TPSA) is 157 Å². The first-order chi connectivity index (χ1) is 15.3. The molecule has 0 saturated carbocycles. The lowest BCUT2D eigenvalue weighted by molar-refractivity contribution is -0.137. The Morgan fingerprint density at radius 2 is 1.19 bits per heavy atom. The predicted octanol–water partition coefficient (Wildman–Crippen LogP) is -0.580. The normalized spacial score (nSPS) is 19.2. The lowest BCUT2D eigenvalue weighted by atomic mass is 10.0. The van der Waals surface area contributed by atoms with Crippen LogP contribution in [0.5, 0.6) is 0 Å². The number of aliphatic hydroxyl groups is 2. The van der Waals surface area contributed by atoms with Crippen molar-refractivity contribution in [2.24, 2.45) is 0 Å². The molecule has 0 aromatic heterocycles. The van der Waals surface area contributed by atoms with E-state index in [9.17, 15) is 19.2 Å². The summed E-state index contributed by atoms with van der Waals surface area (Å²) >= 11 is 0. The lowest BCUT2D eigenvalue weighted by Crippen LogP contribution is -2.61. The van der Waals surface area contributed by atoms with Gasteiger partial charge in [-0.25, -0.2) is 0 Å². The van der Waals surface area contributed by atoms with Crippen molar-refractivity contribution >= 4 is 23.6 Å². The fraction of sp³-hybridized carbons (Fsp3) is 0.636. The number of hydrogen-bond acceptors (Lipinski definition) is 6. The minimum absolute atomic E-state index is 0.00972. The summed E-state index contributed by atoms with van der Waals surface area (Å²) in [5.41, 5.74) is 1.56. The molecule has 2 atom stereocenters. The molecule has 0 aromatic rings. The molecule has 6 N–H and O–H groups in total. The van der Waals surface area contributed by atoms with E-state index >= 15 is 0 Å². The number of amides is 4. The standard InChI is InChI=1S/C22H36N4O6/c1-15(7-11-27)13-19(29)23-9-3-5-17-21(31)26-18(22(32)25-17)6-4-10-24-20(30)14-16(2)8-12-28/h13-14,17-18,27-28H,3-12H2,1-2H3,(H,23,29)(H,24,30)(H,25,32)(H,26,31)/b15-13+,16-14+. The van der Waals surface area contributed by atoms with E-state index in [2.05, 4.69) is 21.3 Å². The second kappa shape index (κ2) is 15.1. The fourth-order valence-corrected chi connectivity index (χ4v) is 3.16. The van der Waals surface area contributed by atoms with Gasteiger partial charge >= 0.3 is 0 Å². The van der Waals surface area contributed by atoms with Crippen LogP contribution >= 0.6 is 0 Å². The molecule has 4 amide bonds. The monoisotopic (exact) mass is 452 g/mol. The molecule has 0 bridgehead atoms. The number of carbonyl (C=O) groups excluding carboxylic acids is 4. The molecule has 0 aliphatic carbocycles. The van der Waals surface area contributed by atoms with Crippen molar-refractivity contribution in [1.29, 1.82) is 0 Å². The van der Waals surface area contributed by atoms with E-state index < -0.39 is 12.1 Å². The van der Waals surface area contributed by atoms with Crippen LogP contribution in [0, 0.1) is 0 Å². The number of carbonyl (C=O) groups is 4. The van der Waals surface area contributed by atoms with Crippen molar-refractivity contribution in [3.05, 3.63) is 23.3 Å². The highest BCUT2D eigenvalue weighted by molar-refractivity contribution is 5.96. The Morgan fingerprint density at radius 1 is 0.812 bits per heavy atom. The van der Waals surface area contributed by atoms with E-state index in [-0.39, 0.29) is 36.8 Å². The average molecular weight is 453 g/mol. The average Bonchev–Trinajstić information content (AvgIpc) is 2.71. The first-order valence-electron chi connectivity index (χ1n) is 11.0. The number of hydrogen-bond donors (Lipinski definition) is 6. The van der Waals surface area contributed by atoms with Crippen molar-refractivity contribution in [3.8, 4) is 0 Å². The molecule has 0 radical (unpaired) electrons. The lowest BCUT2D eigenvalue weighted by Gasteiger charge is -2.29. The van der Waals surface area contributed by atoms with Gasteiger partial charge in [-0.3, -0.25) is 19.2 Å². The maximum atomic E-state index is 12.3. The van der Waals surface area contributed by atoms with Gasteiger partial charge in [-0.05, 0) is 52.4 Å². The molecule has 1 fully saturated rings. The molecule has 10 heteroatoms. The van der Waals surface area contributed by atoms with Gasteiger partial charge in [0.15, 0.2) is 0 Å². The minimum atomic E-state index is -0.637. The van der Waals surface area contributed by atoms with Gasteiger partial charge in [0.05, 0.1) is 0 Å². The van der Waals surface area contributed by atoms with Gasteiger partial charge in [0.25, 0.3) is 0 Å². The SMILES string of the molecule is C/C(=C\C(=O)NCCCC1NC(=O)C(CCCNC(=O)/C=C(\C)CCO)NC1=O)CCO. The van der Waals surface area contributed by atoms with Gasteiger partial charge in [0.1, 0.15) is 12.1 Å². The predicted molar refractivity (Wildman–Crippen MR) is 119 cm³/mol. The van der Waals surface area contributed by atoms with Crippen molar-refractivity contribution < 1.29 is 29.4 Å². The summed E-state index contributed by atoms with van der Waals surface area (Å²) in [5, 5.41) is 28.5. The summed E-state index contributed by atoms with van der Waals surface area (Å²) in [6.45, 7) is 4.25. The number of piperazine rings is 1. The van der Waals surface area contributed by atoms with Gasteiger partial charge in [0.2, 0.25) is 23.6 Å². The zero-order valence-corrected chi connectivity index (χ0v) is 18.9. The van der Waals surface area contributed by atoms with E-state index in [4.69, 9.17) is 10.2 Å². The fourth-order valence-electron chi connectivity index (χ4n) is 3.16. The van der Waals surface area contributed by atoms with E-state index in [0.717, 1.165) is 11.1 Å². The van der Waals surface area contributed by atoms with Crippen LogP contribution in [0.1, 0.15) is 52.4 Å². The van der Waals surface area contributed by atoms with Crippen LogP contribution in [0.3, 0.4) is 0 Å². The second-order valence-electron chi connectivity index (χ2n) is 7.92.